The third-order valence-corrected chi connectivity index (χ3v) is 2.67. The normalized spacial score (nSPS) is 11.2. The lowest BCUT2D eigenvalue weighted by Gasteiger charge is -2.21. The van der Waals surface area contributed by atoms with Crippen molar-refractivity contribution in [3.8, 4) is 17.0 Å². The fraction of sp³-hybridized carbons (Fsp3) is 0.375. The van der Waals surface area contributed by atoms with E-state index in [4.69, 9.17) is 4.74 Å². The first kappa shape index (κ1) is 14.3. The molecule has 2 aromatic rings. The summed E-state index contributed by atoms with van der Waals surface area (Å²) in [7, 11) is 1.85. The van der Waals surface area contributed by atoms with Crippen LogP contribution in [0.5, 0.6) is 5.75 Å². The zero-order chi connectivity index (χ0) is 14.8. The highest BCUT2D eigenvalue weighted by atomic mass is 16.5. The molecule has 0 atom stereocenters. The number of hydrogen-bond acceptors (Lipinski definition) is 4. The van der Waals surface area contributed by atoms with E-state index in [-0.39, 0.29) is 5.60 Å². The maximum absolute atomic E-state index is 5.82. The van der Waals surface area contributed by atoms with Crippen molar-refractivity contribution >= 4 is 5.82 Å². The molecule has 0 amide bonds. The Kier molecular flexibility index (Phi) is 3.93. The van der Waals surface area contributed by atoms with Crippen LogP contribution in [0.4, 0.5) is 5.82 Å². The van der Waals surface area contributed by atoms with Gasteiger partial charge in [-0.25, -0.2) is 9.97 Å². The molecule has 106 valence electrons. The van der Waals surface area contributed by atoms with E-state index in [0.717, 1.165) is 28.6 Å². The Morgan fingerprint density at radius 2 is 1.70 bits per heavy atom. The molecule has 0 aliphatic heterocycles. The topological polar surface area (TPSA) is 47.0 Å². The number of nitrogens with zero attached hydrogens (tertiary/aromatic N) is 2. The number of hydrogen-bond donors (Lipinski definition) is 1. The lowest BCUT2D eigenvalue weighted by Crippen LogP contribution is -2.22. The number of anilines is 1. The molecule has 0 saturated heterocycles. The predicted molar refractivity (Wildman–Crippen MR) is 82.1 cm³/mol. The van der Waals surface area contributed by atoms with Gasteiger partial charge in [0, 0.05) is 18.7 Å². The zero-order valence-electron chi connectivity index (χ0n) is 12.7. The molecule has 0 aliphatic carbocycles. The first-order chi connectivity index (χ1) is 9.37. The summed E-state index contributed by atoms with van der Waals surface area (Å²) in [5, 5.41) is 3.04. The van der Waals surface area contributed by atoms with Crippen molar-refractivity contribution in [2.24, 2.45) is 0 Å². The summed E-state index contributed by atoms with van der Waals surface area (Å²) < 4.78 is 5.82. The molecule has 4 heteroatoms. The van der Waals surface area contributed by atoms with Crippen LogP contribution in [0.2, 0.25) is 0 Å². The molecule has 0 fully saturated rings. The van der Waals surface area contributed by atoms with E-state index in [1.807, 2.05) is 65.1 Å². The number of aryl methyl sites for hydroxylation is 1. The number of aromatic nitrogens is 2. The standard InChI is InChI=1S/C16H21N3O/c1-11-18-14(10-15(17-5)19-11)12-6-8-13(9-7-12)20-16(2,3)4/h6-10H,1-5H3,(H,17,18,19). The SMILES string of the molecule is CNc1cc(-c2ccc(OC(C)(C)C)cc2)nc(C)n1. The van der Waals surface area contributed by atoms with Crippen LogP contribution in [0, 0.1) is 6.92 Å². The van der Waals surface area contributed by atoms with Gasteiger partial charge in [-0.3, -0.25) is 0 Å². The molecule has 0 spiro atoms. The van der Waals surface area contributed by atoms with Crippen molar-refractivity contribution in [2.75, 3.05) is 12.4 Å². The van der Waals surface area contributed by atoms with Crippen LogP contribution in [0.3, 0.4) is 0 Å². The van der Waals surface area contributed by atoms with Crippen molar-refractivity contribution in [2.45, 2.75) is 33.3 Å². The summed E-state index contributed by atoms with van der Waals surface area (Å²) in [6.07, 6.45) is 0. The van der Waals surface area contributed by atoms with E-state index in [9.17, 15) is 0 Å². The van der Waals surface area contributed by atoms with Gasteiger partial charge < -0.3 is 10.1 Å². The summed E-state index contributed by atoms with van der Waals surface area (Å²) in [4.78, 5) is 8.76. The van der Waals surface area contributed by atoms with Crippen molar-refractivity contribution in [1.82, 2.24) is 9.97 Å². The molecule has 4 nitrogen and oxygen atoms in total. The lowest BCUT2D eigenvalue weighted by atomic mass is 10.1. The second-order valence-corrected chi connectivity index (χ2v) is 5.67. The van der Waals surface area contributed by atoms with Gasteiger partial charge in [-0.05, 0) is 52.0 Å². The van der Waals surface area contributed by atoms with E-state index in [0.29, 0.717) is 0 Å². The first-order valence-corrected chi connectivity index (χ1v) is 6.70. The average Bonchev–Trinajstić information content (AvgIpc) is 2.37. The number of benzene rings is 1. The average molecular weight is 271 g/mol. The maximum Gasteiger partial charge on any atom is 0.130 e. The van der Waals surface area contributed by atoms with Gasteiger partial charge in [-0.2, -0.15) is 0 Å². The van der Waals surface area contributed by atoms with Crippen LogP contribution in [0.25, 0.3) is 11.3 Å². The van der Waals surface area contributed by atoms with Crippen molar-refractivity contribution in [1.29, 1.82) is 0 Å². The van der Waals surface area contributed by atoms with E-state index in [1.54, 1.807) is 0 Å². The first-order valence-electron chi connectivity index (χ1n) is 6.70. The zero-order valence-corrected chi connectivity index (χ0v) is 12.7. The van der Waals surface area contributed by atoms with E-state index in [1.165, 1.54) is 0 Å². The molecule has 1 aromatic heterocycles. The predicted octanol–water partition coefficient (Wildman–Crippen LogP) is 3.67. The van der Waals surface area contributed by atoms with Crippen LogP contribution < -0.4 is 10.1 Å². The summed E-state index contributed by atoms with van der Waals surface area (Å²) in [6.45, 7) is 8.00. The van der Waals surface area contributed by atoms with Gasteiger partial charge >= 0.3 is 0 Å². The Labute approximate surface area is 120 Å². The molecule has 2 rings (SSSR count). The van der Waals surface area contributed by atoms with Crippen molar-refractivity contribution in [3.63, 3.8) is 0 Å². The second-order valence-electron chi connectivity index (χ2n) is 5.67. The fourth-order valence-corrected chi connectivity index (χ4v) is 1.89. The minimum absolute atomic E-state index is 0.188. The highest BCUT2D eigenvalue weighted by Gasteiger charge is 2.11. The lowest BCUT2D eigenvalue weighted by molar-refractivity contribution is 0.131. The summed E-state index contributed by atoms with van der Waals surface area (Å²) in [5.74, 6) is 2.44. The van der Waals surface area contributed by atoms with Gasteiger partial charge in [0.15, 0.2) is 0 Å². The van der Waals surface area contributed by atoms with Crippen molar-refractivity contribution < 1.29 is 4.74 Å². The molecule has 0 unspecified atom stereocenters. The van der Waals surface area contributed by atoms with Crippen LogP contribution in [0.1, 0.15) is 26.6 Å². The van der Waals surface area contributed by atoms with Crippen molar-refractivity contribution in [3.05, 3.63) is 36.2 Å². The van der Waals surface area contributed by atoms with E-state index < -0.39 is 0 Å². The fourth-order valence-electron chi connectivity index (χ4n) is 1.89. The minimum atomic E-state index is -0.188. The Hall–Kier alpha value is -2.10. The second kappa shape index (κ2) is 5.49. The third-order valence-electron chi connectivity index (χ3n) is 2.67. The largest absolute Gasteiger partial charge is 0.488 e. The van der Waals surface area contributed by atoms with Gasteiger partial charge in [0.1, 0.15) is 23.0 Å². The molecule has 1 N–H and O–H groups in total. The molecule has 0 saturated carbocycles. The van der Waals surface area contributed by atoms with Crippen LogP contribution in [-0.2, 0) is 0 Å². The molecule has 0 radical (unpaired) electrons. The van der Waals surface area contributed by atoms with Gasteiger partial charge in [-0.1, -0.05) is 0 Å². The summed E-state index contributed by atoms with van der Waals surface area (Å²) >= 11 is 0. The quantitative estimate of drug-likeness (QED) is 0.925. The van der Waals surface area contributed by atoms with Gasteiger partial charge in [0.2, 0.25) is 0 Å². The van der Waals surface area contributed by atoms with Gasteiger partial charge in [0.05, 0.1) is 5.69 Å². The Balaban J connectivity index is 2.28. The smallest absolute Gasteiger partial charge is 0.130 e. The minimum Gasteiger partial charge on any atom is -0.488 e. The molecule has 1 heterocycles. The molecule has 0 bridgehead atoms. The maximum atomic E-state index is 5.82. The molecule has 1 aromatic carbocycles. The third kappa shape index (κ3) is 3.70. The van der Waals surface area contributed by atoms with E-state index >= 15 is 0 Å². The summed E-state index contributed by atoms with van der Waals surface area (Å²) in [5.41, 5.74) is 1.77. The number of rotatable bonds is 3. The highest BCUT2D eigenvalue weighted by molar-refractivity contribution is 5.63. The van der Waals surface area contributed by atoms with Crippen LogP contribution in [0.15, 0.2) is 30.3 Å². The highest BCUT2D eigenvalue weighted by Crippen LogP contribution is 2.24. The van der Waals surface area contributed by atoms with Crippen LogP contribution >= 0.6 is 0 Å². The number of ether oxygens (including phenoxy) is 1. The molecule has 20 heavy (non-hydrogen) atoms. The Bertz CT molecular complexity index is 586. The van der Waals surface area contributed by atoms with Crippen LogP contribution in [-0.4, -0.2) is 22.6 Å². The molecular formula is C16H21N3O. The molecular weight excluding hydrogens is 250 g/mol. The summed E-state index contributed by atoms with van der Waals surface area (Å²) in [6, 6.07) is 9.91. The van der Waals surface area contributed by atoms with Gasteiger partial charge in [0.25, 0.3) is 0 Å². The molecule has 0 aliphatic rings. The number of nitrogens with one attached hydrogen (secondary N) is 1. The monoisotopic (exact) mass is 271 g/mol. The Morgan fingerprint density at radius 3 is 2.25 bits per heavy atom. The van der Waals surface area contributed by atoms with E-state index in [2.05, 4.69) is 15.3 Å². The van der Waals surface area contributed by atoms with Gasteiger partial charge in [-0.15, -0.1) is 0 Å². The Morgan fingerprint density at radius 1 is 1.05 bits per heavy atom.